The predicted octanol–water partition coefficient (Wildman–Crippen LogP) is 5.70. The van der Waals surface area contributed by atoms with Crippen molar-refractivity contribution in [2.24, 2.45) is 11.8 Å². The van der Waals surface area contributed by atoms with Crippen LogP contribution in [-0.2, 0) is 11.2 Å². The van der Waals surface area contributed by atoms with Gasteiger partial charge in [-0.15, -0.1) is 0 Å². The van der Waals surface area contributed by atoms with Gasteiger partial charge in [0.15, 0.2) is 0 Å². The predicted molar refractivity (Wildman–Crippen MR) is 147 cm³/mol. The van der Waals surface area contributed by atoms with Gasteiger partial charge in [0, 0.05) is 37.7 Å². The van der Waals surface area contributed by atoms with E-state index in [1.54, 1.807) is 7.11 Å². The van der Waals surface area contributed by atoms with Gasteiger partial charge in [-0.1, -0.05) is 54.6 Å². The largest absolute Gasteiger partial charge is 0.497 e. The molecule has 0 saturated carbocycles. The number of hydrogen-bond acceptors (Lipinski definition) is 3. The van der Waals surface area contributed by atoms with E-state index in [-0.39, 0.29) is 17.7 Å². The first-order chi connectivity index (χ1) is 18.1. The highest BCUT2D eigenvalue weighted by Crippen LogP contribution is 2.27. The Morgan fingerprint density at radius 3 is 2.11 bits per heavy atom. The zero-order valence-corrected chi connectivity index (χ0v) is 21.6. The first kappa shape index (κ1) is 25.1. The van der Waals surface area contributed by atoms with Gasteiger partial charge in [0.25, 0.3) is 5.91 Å². The van der Waals surface area contributed by atoms with Crippen LogP contribution in [0.1, 0.15) is 41.6 Å². The number of benzene rings is 3. The summed E-state index contributed by atoms with van der Waals surface area (Å²) in [5.74, 6) is 1.83. The molecule has 3 aromatic rings. The molecule has 2 saturated heterocycles. The van der Waals surface area contributed by atoms with E-state index < -0.39 is 0 Å². The highest BCUT2D eigenvalue weighted by Gasteiger charge is 2.32. The molecule has 0 radical (unpaired) electrons. The average Bonchev–Trinajstić information content (AvgIpc) is 2.97. The molecule has 0 aromatic heterocycles. The SMILES string of the molecule is COc1cccc(-c2ccc(C(=O)N3CCC(C(=O)N4CCC(Cc5ccccc5)CC4)CC3)cc2)c1. The van der Waals surface area contributed by atoms with Crippen molar-refractivity contribution in [3.8, 4) is 16.9 Å². The third-order valence-corrected chi connectivity index (χ3v) is 7.96. The van der Waals surface area contributed by atoms with Gasteiger partial charge < -0.3 is 14.5 Å². The zero-order valence-electron chi connectivity index (χ0n) is 21.6. The molecule has 37 heavy (non-hydrogen) atoms. The van der Waals surface area contributed by atoms with Crippen molar-refractivity contribution in [3.63, 3.8) is 0 Å². The Morgan fingerprint density at radius 2 is 1.43 bits per heavy atom. The van der Waals surface area contributed by atoms with E-state index in [4.69, 9.17) is 4.74 Å². The molecule has 5 heteroatoms. The molecule has 0 N–H and O–H groups in total. The molecule has 3 aromatic carbocycles. The van der Waals surface area contributed by atoms with E-state index in [1.165, 1.54) is 5.56 Å². The fourth-order valence-electron chi connectivity index (χ4n) is 5.68. The summed E-state index contributed by atoms with van der Waals surface area (Å²) in [6, 6.07) is 26.3. The number of carbonyl (C=O) groups is 2. The maximum Gasteiger partial charge on any atom is 0.253 e. The lowest BCUT2D eigenvalue weighted by Gasteiger charge is -2.37. The Morgan fingerprint density at radius 1 is 0.757 bits per heavy atom. The van der Waals surface area contributed by atoms with Crippen LogP contribution in [0.15, 0.2) is 78.9 Å². The number of carbonyl (C=O) groups excluding carboxylic acids is 2. The van der Waals surface area contributed by atoms with E-state index in [1.807, 2.05) is 53.4 Å². The lowest BCUT2D eigenvalue weighted by Crippen LogP contribution is -2.46. The van der Waals surface area contributed by atoms with E-state index in [0.29, 0.717) is 24.6 Å². The van der Waals surface area contributed by atoms with Crippen molar-refractivity contribution in [2.75, 3.05) is 33.3 Å². The Balaban J connectivity index is 1.10. The highest BCUT2D eigenvalue weighted by atomic mass is 16.5. The molecule has 2 amide bonds. The fraction of sp³-hybridized carbons (Fsp3) is 0.375. The topological polar surface area (TPSA) is 49.9 Å². The summed E-state index contributed by atoms with van der Waals surface area (Å²) >= 11 is 0. The van der Waals surface area contributed by atoms with Gasteiger partial charge in [0.2, 0.25) is 5.91 Å². The minimum absolute atomic E-state index is 0.0326. The van der Waals surface area contributed by atoms with Crippen LogP contribution in [0, 0.1) is 11.8 Å². The first-order valence-electron chi connectivity index (χ1n) is 13.5. The van der Waals surface area contributed by atoms with E-state index in [0.717, 1.165) is 62.1 Å². The molecule has 0 aliphatic carbocycles. The van der Waals surface area contributed by atoms with E-state index >= 15 is 0 Å². The molecule has 192 valence electrons. The number of nitrogens with zero attached hydrogens (tertiary/aromatic N) is 2. The maximum atomic E-state index is 13.2. The molecule has 5 rings (SSSR count). The molecule has 0 unspecified atom stereocenters. The highest BCUT2D eigenvalue weighted by molar-refractivity contribution is 5.95. The van der Waals surface area contributed by atoms with Crippen LogP contribution in [0.4, 0.5) is 0 Å². The van der Waals surface area contributed by atoms with Crippen LogP contribution in [0.5, 0.6) is 5.75 Å². The number of amides is 2. The molecule has 2 aliphatic rings. The second-order valence-corrected chi connectivity index (χ2v) is 10.3. The molecule has 2 heterocycles. The molecule has 0 bridgehead atoms. The van der Waals surface area contributed by atoms with Crippen LogP contribution in [0.25, 0.3) is 11.1 Å². The van der Waals surface area contributed by atoms with E-state index in [2.05, 4.69) is 35.2 Å². The van der Waals surface area contributed by atoms with Crippen LogP contribution in [-0.4, -0.2) is 54.9 Å². The lowest BCUT2D eigenvalue weighted by molar-refractivity contribution is -0.138. The van der Waals surface area contributed by atoms with Gasteiger partial charge in [-0.3, -0.25) is 9.59 Å². The van der Waals surface area contributed by atoms with Crippen molar-refractivity contribution in [3.05, 3.63) is 90.0 Å². The second-order valence-electron chi connectivity index (χ2n) is 10.3. The van der Waals surface area contributed by atoms with Gasteiger partial charge in [-0.25, -0.2) is 0 Å². The molecule has 5 nitrogen and oxygen atoms in total. The first-order valence-corrected chi connectivity index (χ1v) is 13.5. The standard InChI is InChI=1S/C32H36N2O3/c1-37-30-9-5-8-29(23-30)26-10-12-27(13-11-26)31(35)34-20-16-28(17-21-34)32(36)33-18-14-25(15-19-33)22-24-6-3-2-4-7-24/h2-13,23,25,28H,14-22H2,1H3. The van der Waals surface area contributed by atoms with Gasteiger partial charge >= 0.3 is 0 Å². The van der Waals surface area contributed by atoms with Crippen LogP contribution < -0.4 is 4.74 Å². The Kier molecular flexibility index (Phi) is 7.88. The molecular formula is C32H36N2O3. The van der Waals surface area contributed by atoms with E-state index in [9.17, 15) is 9.59 Å². The molecular weight excluding hydrogens is 460 g/mol. The van der Waals surface area contributed by atoms with Crippen LogP contribution in [0.2, 0.25) is 0 Å². The summed E-state index contributed by atoms with van der Waals surface area (Å²) in [6.45, 7) is 2.99. The third-order valence-electron chi connectivity index (χ3n) is 7.96. The second kappa shape index (κ2) is 11.6. The minimum Gasteiger partial charge on any atom is -0.497 e. The summed E-state index contributed by atoms with van der Waals surface area (Å²) in [5, 5.41) is 0. The summed E-state index contributed by atoms with van der Waals surface area (Å²) in [6.07, 6.45) is 4.74. The lowest BCUT2D eigenvalue weighted by atomic mass is 9.88. The van der Waals surface area contributed by atoms with Crippen molar-refractivity contribution in [1.82, 2.24) is 9.80 Å². The van der Waals surface area contributed by atoms with Gasteiger partial charge in [-0.2, -0.15) is 0 Å². The number of likely N-dealkylation sites (tertiary alicyclic amines) is 2. The van der Waals surface area contributed by atoms with Crippen molar-refractivity contribution < 1.29 is 14.3 Å². The van der Waals surface area contributed by atoms with Gasteiger partial charge in [-0.05, 0) is 79.0 Å². The number of piperidine rings is 2. The summed E-state index contributed by atoms with van der Waals surface area (Å²) in [4.78, 5) is 30.3. The Hall–Kier alpha value is -3.60. The Bertz CT molecular complexity index is 1190. The van der Waals surface area contributed by atoms with Crippen molar-refractivity contribution in [1.29, 1.82) is 0 Å². The maximum absolute atomic E-state index is 13.2. The smallest absolute Gasteiger partial charge is 0.253 e. The number of hydrogen-bond donors (Lipinski definition) is 0. The average molecular weight is 497 g/mol. The van der Waals surface area contributed by atoms with Crippen molar-refractivity contribution in [2.45, 2.75) is 32.1 Å². The van der Waals surface area contributed by atoms with Crippen molar-refractivity contribution >= 4 is 11.8 Å². The Labute approximate surface area is 220 Å². The van der Waals surface area contributed by atoms with Crippen LogP contribution in [0.3, 0.4) is 0 Å². The summed E-state index contributed by atoms with van der Waals surface area (Å²) < 4.78 is 5.32. The normalized spacial score (nSPS) is 17.0. The van der Waals surface area contributed by atoms with Gasteiger partial charge in [0.05, 0.1) is 7.11 Å². The molecule has 2 fully saturated rings. The molecule has 0 atom stereocenters. The molecule has 2 aliphatic heterocycles. The summed E-state index contributed by atoms with van der Waals surface area (Å²) in [7, 11) is 1.66. The van der Waals surface area contributed by atoms with Gasteiger partial charge in [0.1, 0.15) is 5.75 Å². The fourth-order valence-corrected chi connectivity index (χ4v) is 5.68. The van der Waals surface area contributed by atoms with Crippen LogP contribution >= 0.6 is 0 Å². The number of rotatable bonds is 6. The monoisotopic (exact) mass is 496 g/mol. The summed E-state index contributed by atoms with van der Waals surface area (Å²) in [5.41, 5.74) is 4.19. The number of ether oxygens (including phenoxy) is 1. The quantitative estimate of drug-likeness (QED) is 0.440. The number of methoxy groups -OCH3 is 1. The minimum atomic E-state index is 0.0326. The zero-order chi connectivity index (χ0) is 25.6. The molecule has 0 spiro atoms. The third kappa shape index (κ3) is 6.04.